The van der Waals surface area contributed by atoms with Gasteiger partial charge in [-0.15, -0.1) is 11.3 Å². The Kier molecular flexibility index (Phi) is 2.15. The maximum atomic E-state index is 11.0. The van der Waals surface area contributed by atoms with Crippen LogP contribution >= 0.6 is 11.3 Å². The van der Waals surface area contributed by atoms with Gasteiger partial charge in [-0.2, -0.15) is 0 Å². The molecule has 0 spiro atoms. The molecule has 0 aliphatic rings. The van der Waals surface area contributed by atoms with Crippen molar-refractivity contribution in [2.45, 2.75) is 0 Å². The summed E-state index contributed by atoms with van der Waals surface area (Å²) in [5.41, 5.74) is 3.79. The van der Waals surface area contributed by atoms with Crippen LogP contribution in [0.25, 0.3) is 22.6 Å². The van der Waals surface area contributed by atoms with Gasteiger partial charge in [-0.25, -0.2) is 14.8 Å². The lowest BCUT2D eigenvalue weighted by molar-refractivity contribution is 0.0699. The average molecular weight is 245 g/mol. The number of carboxylic acids is 1. The van der Waals surface area contributed by atoms with E-state index >= 15 is 0 Å². The Balaban J connectivity index is 2.26. The molecule has 5 nitrogen and oxygen atoms in total. The molecular weight excluding hydrogens is 238 g/mol. The number of nitrogens with zero attached hydrogens (tertiary/aromatic N) is 2. The molecule has 3 aromatic rings. The third-order valence-corrected chi connectivity index (χ3v) is 3.00. The van der Waals surface area contributed by atoms with Crippen LogP contribution in [0.1, 0.15) is 10.4 Å². The number of aromatic nitrogens is 3. The largest absolute Gasteiger partial charge is 0.478 e. The highest BCUT2D eigenvalue weighted by molar-refractivity contribution is 7.07. The summed E-state index contributed by atoms with van der Waals surface area (Å²) in [6.45, 7) is 0. The van der Waals surface area contributed by atoms with Gasteiger partial charge in [-0.05, 0) is 12.1 Å². The third-order valence-electron chi connectivity index (χ3n) is 2.42. The predicted octanol–water partition coefficient (Wildman–Crippen LogP) is 2.38. The Morgan fingerprint density at radius 3 is 3.00 bits per heavy atom. The Morgan fingerprint density at radius 2 is 2.29 bits per heavy atom. The molecule has 0 fully saturated rings. The first-order valence-electron chi connectivity index (χ1n) is 4.86. The number of carboxylic acid groups (broad SMARTS) is 1. The number of rotatable bonds is 2. The number of aromatic amines is 1. The van der Waals surface area contributed by atoms with E-state index in [0.29, 0.717) is 16.9 Å². The lowest BCUT2D eigenvalue weighted by Gasteiger charge is -1.93. The Bertz CT molecular complexity index is 688. The SMILES string of the molecule is O=C(O)c1cccc2[nH]c(-c3cscn3)nc12. The molecule has 2 N–H and O–H groups in total. The van der Waals surface area contributed by atoms with Crippen LogP contribution in [-0.4, -0.2) is 26.0 Å². The number of para-hydroxylation sites is 1. The maximum Gasteiger partial charge on any atom is 0.337 e. The van der Waals surface area contributed by atoms with E-state index in [4.69, 9.17) is 5.11 Å². The molecule has 0 saturated heterocycles. The van der Waals surface area contributed by atoms with E-state index in [2.05, 4.69) is 15.0 Å². The van der Waals surface area contributed by atoms with E-state index in [1.54, 1.807) is 17.6 Å². The molecule has 0 atom stereocenters. The van der Waals surface area contributed by atoms with Gasteiger partial charge in [0.1, 0.15) is 11.2 Å². The molecule has 3 rings (SSSR count). The molecule has 17 heavy (non-hydrogen) atoms. The van der Waals surface area contributed by atoms with Crippen molar-refractivity contribution in [2.24, 2.45) is 0 Å². The minimum Gasteiger partial charge on any atom is -0.478 e. The predicted molar refractivity (Wildman–Crippen MR) is 64.2 cm³/mol. The van der Waals surface area contributed by atoms with E-state index in [1.807, 2.05) is 5.38 Å². The van der Waals surface area contributed by atoms with Crippen molar-refractivity contribution in [3.05, 3.63) is 34.7 Å². The topological polar surface area (TPSA) is 78.9 Å². The number of benzene rings is 1. The fourth-order valence-electron chi connectivity index (χ4n) is 1.66. The molecule has 84 valence electrons. The fraction of sp³-hybridized carbons (Fsp3) is 0. The van der Waals surface area contributed by atoms with Crippen molar-refractivity contribution >= 4 is 28.3 Å². The number of H-pyrrole nitrogens is 1. The Hall–Kier alpha value is -2.21. The lowest BCUT2D eigenvalue weighted by atomic mass is 10.2. The van der Waals surface area contributed by atoms with Gasteiger partial charge in [-0.3, -0.25) is 0 Å². The molecule has 0 unspecified atom stereocenters. The molecule has 0 radical (unpaired) electrons. The summed E-state index contributed by atoms with van der Waals surface area (Å²) in [5.74, 6) is -0.387. The Morgan fingerprint density at radius 1 is 1.41 bits per heavy atom. The van der Waals surface area contributed by atoms with Gasteiger partial charge >= 0.3 is 5.97 Å². The zero-order chi connectivity index (χ0) is 11.8. The van der Waals surface area contributed by atoms with Gasteiger partial charge in [0.05, 0.1) is 16.6 Å². The standard InChI is InChI=1S/C11H7N3O2S/c15-11(16)6-2-1-3-7-9(6)14-10(13-7)8-4-17-5-12-8/h1-5H,(H,13,14)(H,15,16). The van der Waals surface area contributed by atoms with Gasteiger partial charge in [0, 0.05) is 5.38 Å². The van der Waals surface area contributed by atoms with Crippen LogP contribution in [0.15, 0.2) is 29.1 Å². The third kappa shape index (κ3) is 1.58. The number of hydrogen-bond donors (Lipinski definition) is 2. The fourth-order valence-corrected chi connectivity index (χ4v) is 2.19. The molecule has 2 aromatic heterocycles. The van der Waals surface area contributed by atoms with Crippen molar-refractivity contribution < 1.29 is 9.90 Å². The van der Waals surface area contributed by atoms with Gasteiger partial charge < -0.3 is 10.1 Å². The minimum atomic E-state index is -0.980. The highest BCUT2D eigenvalue weighted by atomic mass is 32.1. The van der Waals surface area contributed by atoms with Crippen molar-refractivity contribution in [2.75, 3.05) is 0 Å². The zero-order valence-corrected chi connectivity index (χ0v) is 9.36. The van der Waals surface area contributed by atoms with Crippen molar-refractivity contribution in [3.8, 4) is 11.5 Å². The molecule has 2 heterocycles. The van der Waals surface area contributed by atoms with E-state index in [0.717, 1.165) is 5.69 Å². The van der Waals surface area contributed by atoms with Crippen LogP contribution in [0.5, 0.6) is 0 Å². The molecule has 0 aliphatic heterocycles. The van der Waals surface area contributed by atoms with Crippen LogP contribution in [0.4, 0.5) is 0 Å². The van der Waals surface area contributed by atoms with E-state index in [9.17, 15) is 4.79 Å². The van der Waals surface area contributed by atoms with Crippen LogP contribution in [0.2, 0.25) is 0 Å². The van der Waals surface area contributed by atoms with Gasteiger partial charge in [0.25, 0.3) is 0 Å². The summed E-state index contributed by atoms with van der Waals surface area (Å²) in [7, 11) is 0. The molecular formula is C11H7N3O2S. The number of fused-ring (bicyclic) bond motifs is 1. The first kappa shape index (κ1) is 9.98. The van der Waals surface area contributed by atoms with Crippen LogP contribution in [0, 0.1) is 0 Å². The second-order valence-corrected chi connectivity index (χ2v) is 4.18. The smallest absolute Gasteiger partial charge is 0.337 e. The quantitative estimate of drug-likeness (QED) is 0.726. The minimum absolute atomic E-state index is 0.195. The normalized spacial score (nSPS) is 10.8. The van der Waals surface area contributed by atoms with Gasteiger partial charge in [-0.1, -0.05) is 6.07 Å². The highest BCUT2D eigenvalue weighted by Gasteiger charge is 2.13. The van der Waals surface area contributed by atoms with Crippen molar-refractivity contribution in [1.29, 1.82) is 0 Å². The molecule has 0 bridgehead atoms. The first-order valence-corrected chi connectivity index (χ1v) is 5.80. The number of imidazole rings is 1. The summed E-state index contributed by atoms with van der Waals surface area (Å²) in [6, 6.07) is 5.02. The summed E-state index contributed by atoms with van der Waals surface area (Å²) in [6.07, 6.45) is 0. The lowest BCUT2D eigenvalue weighted by Crippen LogP contribution is -1.96. The van der Waals surface area contributed by atoms with E-state index in [-0.39, 0.29) is 5.56 Å². The van der Waals surface area contributed by atoms with Crippen LogP contribution < -0.4 is 0 Å². The molecule has 1 aromatic carbocycles. The van der Waals surface area contributed by atoms with E-state index in [1.165, 1.54) is 17.4 Å². The van der Waals surface area contributed by atoms with Crippen molar-refractivity contribution in [3.63, 3.8) is 0 Å². The molecule has 0 aliphatic carbocycles. The summed E-state index contributed by atoms with van der Waals surface area (Å²) in [5, 5.41) is 10.9. The summed E-state index contributed by atoms with van der Waals surface area (Å²) < 4.78 is 0. The van der Waals surface area contributed by atoms with Crippen LogP contribution in [-0.2, 0) is 0 Å². The zero-order valence-electron chi connectivity index (χ0n) is 8.54. The van der Waals surface area contributed by atoms with Gasteiger partial charge in [0.2, 0.25) is 0 Å². The number of aromatic carboxylic acids is 1. The number of nitrogens with one attached hydrogen (secondary N) is 1. The molecule has 6 heteroatoms. The second-order valence-electron chi connectivity index (χ2n) is 3.47. The van der Waals surface area contributed by atoms with E-state index < -0.39 is 5.97 Å². The molecule has 0 amide bonds. The number of thiazole rings is 1. The number of hydrogen-bond acceptors (Lipinski definition) is 4. The maximum absolute atomic E-state index is 11.0. The average Bonchev–Trinajstić information content (AvgIpc) is 2.96. The number of carbonyl (C=O) groups is 1. The van der Waals surface area contributed by atoms with Crippen molar-refractivity contribution in [1.82, 2.24) is 15.0 Å². The first-order chi connectivity index (χ1) is 8.25. The summed E-state index contributed by atoms with van der Waals surface area (Å²) >= 11 is 1.47. The van der Waals surface area contributed by atoms with Crippen LogP contribution in [0.3, 0.4) is 0 Å². The summed E-state index contributed by atoms with van der Waals surface area (Å²) in [4.78, 5) is 22.5. The monoisotopic (exact) mass is 245 g/mol. The second kappa shape index (κ2) is 3.67. The van der Waals surface area contributed by atoms with Gasteiger partial charge in [0.15, 0.2) is 5.82 Å². The molecule has 0 saturated carbocycles. The Labute approximate surface area is 99.8 Å². The highest BCUT2D eigenvalue weighted by Crippen LogP contribution is 2.22.